The van der Waals surface area contributed by atoms with E-state index in [-0.39, 0.29) is 36.3 Å². The van der Waals surface area contributed by atoms with Crippen molar-refractivity contribution in [1.29, 1.82) is 0 Å². The number of rotatable bonds is 5. The molecule has 3 rings (SSSR count). The molecular weight excluding hydrogens is 344 g/mol. The molecule has 0 aromatic heterocycles. The van der Waals surface area contributed by atoms with E-state index in [4.69, 9.17) is 14.2 Å². The first kappa shape index (κ1) is 18.0. The number of fused-ring (bicyclic) bond motifs is 1. The second-order valence-electron chi connectivity index (χ2n) is 6.31. The van der Waals surface area contributed by atoms with Gasteiger partial charge in [0.05, 0.1) is 11.0 Å². The van der Waals surface area contributed by atoms with Crippen molar-refractivity contribution in [2.24, 2.45) is 0 Å². The van der Waals surface area contributed by atoms with Gasteiger partial charge in [0, 0.05) is 12.1 Å². The van der Waals surface area contributed by atoms with Gasteiger partial charge in [-0.3, -0.25) is 14.9 Å². The van der Waals surface area contributed by atoms with E-state index >= 15 is 0 Å². The van der Waals surface area contributed by atoms with Crippen LogP contribution in [-0.2, 0) is 9.53 Å². The molecule has 9 nitrogen and oxygen atoms in total. The first-order chi connectivity index (χ1) is 12.5. The Kier molecular flexibility index (Phi) is 5.24. The molecule has 0 spiro atoms. The number of nitrogens with zero attached hydrogens (tertiary/aromatic N) is 1. The number of hydrogen-bond acceptors (Lipinski definition) is 7. The molecule has 1 heterocycles. The number of amides is 1. The van der Waals surface area contributed by atoms with Crippen molar-refractivity contribution in [3.8, 4) is 11.5 Å². The summed E-state index contributed by atoms with van der Waals surface area (Å²) in [5, 5.41) is 14.1. The van der Waals surface area contributed by atoms with Crippen molar-refractivity contribution in [2.75, 3.05) is 13.2 Å². The molecule has 9 heteroatoms. The first-order valence-corrected chi connectivity index (χ1v) is 8.55. The molecule has 1 amide bonds. The fourth-order valence-corrected chi connectivity index (χ4v) is 3.06. The third-order valence-corrected chi connectivity index (χ3v) is 4.43. The van der Waals surface area contributed by atoms with Gasteiger partial charge < -0.3 is 19.5 Å². The van der Waals surface area contributed by atoms with Gasteiger partial charge in [-0.05, 0) is 19.8 Å². The lowest BCUT2D eigenvalue weighted by Crippen LogP contribution is -2.40. The zero-order chi connectivity index (χ0) is 18.7. The molecule has 1 saturated carbocycles. The molecule has 0 saturated heterocycles. The molecule has 140 valence electrons. The maximum Gasteiger partial charge on any atom is 0.346 e. The first-order valence-electron chi connectivity index (χ1n) is 8.55. The van der Waals surface area contributed by atoms with E-state index in [2.05, 4.69) is 5.32 Å². The van der Waals surface area contributed by atoms with Crippen molar-refractivity contribution in [2.45, 2.75) is 44.8 Å². The number of carbonyl (C=O) groups excluding carboxylic acids is 2. The van der Waals surface area contributed by atoms with Crippen LogP contribution in [0, 0.1) is 10.1 Å². The Balaban J connectivity index is 1.73. The molecule has 1 aromatic rings. The third kappa shape index (κ3) is 3.87. The van der Waals surface area contributed by atoms with E-state index in [1.807, 2.05) is 0 Å². The molecular formula is C17H20N2O7. The Morgan fingerprint density at radius 3 is 2.46 bits per heavy atom. The van der Waals surface area contributed by atoms with Gasteiger partial charge >= 0.3 is 5.97 Å². The van der Waals surface area contributed by atoms with Gasteiger partial charge in [0.25, 0.3) is 11.6 Å². The zero-order valence-corrected chi connectivity index (χ0v) is 14.4. The second-order valence-corrected chi connectivity index (χ2v) is 6.31. The maximum atomic E-state index is 12.4. The van der Waals surface area contributed by atoms with Crippen LogP contribution in [0.5, 0.6) is 11.5 Å². The monoisotopic (exact) mass is 364 g/mol. The van der Waals surface area contributed by atoms with Crippen molar-refractivity contribution in [3.63, 3.8) is 0 Å². The molecule has 2 aliphatic rings. The van der Waals surface area contributed by atoms with E-state index in [0.717, 1.165) is 31.7 Å². The van der Waals surface area contributed by atoms with E-state index in [1.165, 1.54) is 13.0 Å². The molecule has 0 unspecified atom stereocenters. The van der Waals surface area contributed by atoms with Crippen LogP contribution in [0.2, 0.25) is 0 Å². The minimum atomic E-state index is -1.06. The molecule has 1 aliphatic heterocycles. The van der Waals surface area contributed by atoms with Crippen LogP contribution >= 0.6 is 0 Å². The lowest BCUT2D eigenvalue weighted by Gasteiger charge is -2.20. The van der Waals surface area contributed by atoms with Crippen LogP contribution in [0.4, 0.5) is 5.69 Å². The zero-order valence-electron chi connectivity index (χ0n) is 14.4. The van der Waals surface area contributed by atoms with Crippen molar-refractivity contribution >= 4 is 17.6 Å². The Bertz CT molecular complexity index is 728. The molecule has 0 bridgehead atoms. The van der Waals surface area contributed by atoms with Gasteiger partial charge in [0.2, 0.25) is 0 Å². The summed E-state index contributed by atoms with van der Waals surface area (Å²) >= 11 is 0. The SMILES string of the molecule is C[C@@H](OC(=O)c1cc2c(cc1[N+](=O)[O-])OCCO2)C(=O)NC1CCCC1. The summed E-state index contributed by atoms with van der Waals surface area (Å²) in [4.78, 5) is 35.1. The maximum absolute atomic E-state index is 12.4. The lowest BCUT2D eigenvalue weighted by atomic mass is 10.1. The fraction of sp³-hybridized carbons (Fsp3) is 0.529. The van der Waals surface area contributed by atoms with Crippen LogP contribution in [0.3, 0.4) is 0 Å². The average molecular weight is 364 g/mol. The number of carbonyl (C=O) groups is 2. The Hall–Kier alpha value is -2.84. The Morgan fingerprint density at radius 1 is 1.23 bits per heavy atom. The quantitative estimate of drug-likeness (QED) is 0.482. The average Bonchev–Trinajstić information content (AvgIpc) is 3.13. The van der Waals surface area contributed by atoms with Gasteiger partial charge in [-0.1, -0.05) is 12.8 Å². The highest BCUT2D eigenvalue weighted by Crippen LogP contribution is 2.37. The number of nitrogens with one attached hydrogen (secondary N) is 1. The van der Waals surface area contributed by atoms with Crippen molar-refractivity contribution in [1.82, 2.24) is 5.32 Å². The summed E-state index contributed by atoms with van der Waals surface area (Å²) in [6.45, 7) is 1.98. The van der Waals surface area contributed by atoms with Crippen LogP contribution in [0.25, 0.3) is 0 Å². The molecule has 1 atom stereocenters. The highest BCUT2D eigenvalue weighted by atomic mass is 16.6. The predicted octanol–water partition coefficient (Wildman–Crippen LogP) is 1.97. The van der Waals surface area contributed by atoms with E-state index in [1.54, 1.807) is 0 Å². The standard InChI is InChI=1S/C17H20N2O7/c1-10(16(20)18-11-4-2-3-5-11)26-17(21)12-8-14-15(25-7-6-24-14)9-13(12)19(22)23/h8-11H,2-7H2,1H3,(H,18,20)/t10-/m1/s1. The van der Waals surface area contributed by atoms with Crippen LogP contribution in [-0.4, -0.2) is 42.2 Å². The largest absolute Gasteiger partial charge is 0.486 e. The van der Waals surface area contributed by atoms with Gasteiger partial charge in [-0.2, -0.15) is 0 Å². The lowest BCUT2D eigenvalue weighted by molar-refractivity contribution is -0.385. The van der Waals surface area contributed by atoms with Gasteiger partial charge in [-0.15, -0.1) is 0 Å². The van der Waals surface area contributed by atoms with Crippen LogP contribution in [0.1, 0.15) is 43.0 Å². The number of nitro groups is 1. The van der Waals surface area contributed by atoms with E-state index < -0.39 is 28.6 Å². The number of ether oxygens (including phenoxy) is 3. The van der Waals surface area contributed by atoms with Gasteiger partial charge in [0.15, 0.2) is 17.6 Å². The fourth-order valence-electron chi connectivity index (χ4n) is 3.06. The second kappa shape index (κ2) is 7.59. The summed E-state index contributed by atoms with van der Waals surface area (Å²) in [7, 11) is 0. The topological polar surface area (TPSA) is 117 Å². The number of esters is 1. The number of benzene rings is 1. The highest BCUT2D eigenvalue weighted by molar-refractivity contribution is 5.96. The summed E-state index contributed by atoms with van der Waals surface area (Å²) < 4.78 is 15.8. The minimum absolute atomic E-state index is 0.0901. The number of hydrogen-bond donors (Lipinski definition) is 1. The predicted molar refractivity (Wildman–Crippen MR) is 89.4 cm³/mol. The van der Waals surface area contributed by atoms with Crippen LogP contribution in [0.15, 0.2) is 12.1 Å². The van der Waals surface area contributed by atoms with Gasteiger partial charge in [0.1, 0.15) is 18.8 Å². The molecule has 1 aromatic carbocycles. The van der Waals surface area contributed by atoms with Crippen molar-refractivity contribution < 1.29 is 28.7 Å². The third-order valence-electron chi connectivity index (χ3n) is 4.43. The highest BCUT2D eigenvalue weighted by Gasteiger charge is 2.30. The molecule has 26 heavy (non-hydrogen) atoms. The summed E-state index contributed by atoms with van der Waals surface area (Å²) in [6.07, 6.45) is 2.86. The molecule has 1 fully saturated rings. The normalized spacial score (nSPS) is 17.4. The van der Waals surface area contributed by atoms with Crippen LogP contribution < -0.4 is 14.8 Å². The van der Waals surface area contributed by atoms with Gasteiger partial charge in [-0.25, -0.2) is 4.79 Å². The Labute approximate surface area is 149 Å². The van der Waals surface area contributed by atoms with E-state index in [9.17, 15) is 19.7 Å². The van der Waals surface area contributed by atoms with E-state index in [0.29, 0.717) is 0 Å². The smallest absolute Gasteiger partial charge is 0.346 e. The number of nitro benzene ring substituents is 1. The summed E-state index contributed by atoms with van der Waals surface area (Å²) in [6, 6.07) is 2.44. The molecule has 0 radical (unpaired) electrons. The summed E-state index contributed by atoms with van der Waals surface area (Å²) in [5.74, 6) is -0.934. The molecule has 1 N–H and O–H groups in total. The molecule has 1 aliphatic carbocycles. The Morgan fingerprint density at radius 2 is 1.85 bits per heavy atom. The minimum Gasteiger partial charge on any atom is -0.486 e. The van der Waals surface area contributed by atoms with Crippen molar-refractivity contribution in [3.05, 3.63) is 27.8 Å². The summed E-state index contributed by atoms with van der Waals surface area (Å²) in [5.41, 5.74) is -0.734.